The zero-order chi connectivity index (χ0) is 28.7. The number of likely N-dealkylation sites (tertiary alicyclic amines) is 1. The summed E-state index contributed by atoms with van der Waals surface area (Å²) in [5.41, 5.74) is 4.08. The Balaban J connectivity index is 1.39. The van der Waals surface area contributed by atoms with Crippen molar-refractivity contribution < 1.29 is 23.2 Å². The van der Waals surface area contributed by atoms with E-state index in [2.05, 4.69) is 20.5 Å². The van der Waals surface area contributed by atoms with Crippen molar-refractivity contribution >= 4 is 35.1 Å². The molecule has 3 aromatic rings. The molecule has 3 amide bonds. The number of anilines is 1. The van der Waals surface area contributed by atoms with Crippen molar-refractivity contribution in [2.75, 3.05) is 32.5 Å². The van der Waals surface area contributed by atoms with Gasteiger partial charge in [0.25, 0.3) is 17.7 Å². The van der Waals surface area contributed by atoms with Crippen LogP contribution >= 0.6 is 0 Å². The molecule has 2 aromatic carbocycles. The van der Waals surface area contributed by atoms with Crippen molar-refractivity contribution in [3.05, 3.63) is 87.2 Å². The molecule has 1 saturated heterocycles. The van der Waals surface area contributed by atoms with Gasteiger partial charge in [0, 0.05) is 59.4 Å². The molecule has 5 rings (SSSR count). The molecule has 0 spiro atoms. The van der Waals surface area contributed by atoms with Crippen LogP contribution in [0.2, 0.25) is 0 Å². The fraction of sp³-hybridized carbons (Fsp3) is 0.300. The van der Waals surface area contributed by atoms with E-state index in [1.807, 2.05) is 32.8 Å². The van der Waals surface area contributed by atoms with Crippen LogP contribution in [0.15, 0.2) is 36.4 Å². The number of hydrogen-bond donors (Lipinski definition) is 3. The lowest BCUT2D eigenvalue weighted by Crippen LogP contribution is -2.34. The number of aromatic nitrogens is 1. The number of H-pyrrole nitrogens is 1. The van der Waals surface area contributed by atoms with Crippen molar-refractivity contribution in [1.29, 1.82) is 0 Å². The Morgan fingerprint density at radius 1 is 1.15 bits per heavy atom. The van der Waals surface area contributed by atoms with E-state index in [0.717, 1.165) is 29.8 Å². The summed E-state index contributed by atoms with van der Waals surface area (Å²) in [6.07, 6.45) is 2.60. The van der Waals surface area contributed by atoms with Gasteiger partial charge in [0.05, 0.1) is 11.1 Å². The molecule has 208 valence electrons. The fourth-order valence-corrected chi connectivity index (χ4v) is 5.33. The number of aryl methyl sites for hydroxylation is 1. The lowest BCUT2D eigenvalue weighted by molar-refractivity contribution is -0.110. The van der Waals surface area contributed by atoms with Crippen molar-refractivity contribution in [1.82, 2.24) is 20.1 Å². The fourth-order valence-electron chi connectivity index (χ4n) is 5.33. The van der Waals surface area contributed by atoms with Crippen LogP contribution in [0.5, 0.6) is 0 Å². The van der Waals surface area contributed by atoms with Crippen LogP contribution in [-0.2, 0) is 11.3 Å². The number of rotatable bonds is 6. The molecule has 1 atom stereocenters. The number of nitrogens with one attached hydrogen (secondary N) is 3. The van der Waals surface area contributed by atoms with Gasteiger partial charge in [0.2, 0.25) is 0 Å². The number of hydrogen-bond acceptors (Lipinski definition) is 4. The molecule has 1 aromatic heterocycles. The van der Waals surface area contributed by atoms with Crippen LogP contribution in [0.25, 0.3) is 11.6 Å². The quantitative estimate of drug-likeness (QED) is 0.405. The molecule has 1 unspecified atom stereocenters. The van der Waals surface area contributed by atoms with Gasteiger partial charge in [-0.15, -0.1) is 0 Å². The topological polar surface area (TPSA) is 97.5 Å². The monoisotopic (exact) mass is 547 g/mol. The Kier molecular flexibility index (Phi) is 7.29. The van der Waals surface area contributed by atoms with Crippen molar-refractivity contribution in [2.24, 2.45) is 0 Å². The van der Waals surface area contributed by atoms with Gasteiger partial charge in [-0.1, -0.05) is 6.07 Å². The van der Waals surface area contributed by atoms with Gasteiger partial charge in [-0.05, 0) is 76.3 Å². The van der Waals surface area contributed by atoms with Crippen LogP contribution < -0.4 is 10.6 Å². The van der Waals surface area contributed by atoms with Crippen LogP contribution in [0.1, 0.15) is 55.2 Å². The second-order valence-electron chi connectivity index (χ2n) is 10.5. The molecule has 8 nitrogen and oxygen atoms in total. The van der Waals surface area contributed by atoms with Crippen molar-refractivity contribution in [3.8, 4) is 0 Å². The SMILES string of the molecule is Cc1[nH]c(C=C2C(=O)Nc3ccc(C(=O)NCc4c(F)cccc4F)cc32)c(C)c1C(=O)N1CCC(N(C)C)C1. The van der Waals surface area contributed by atoms with Gasteiger partial charge in [0.15, 0.2) is 0 Å². The summed E-state index contributed by atoms with van der Waals surface area (Å²) in [6.45, 7) is 4.72. The van der Waals surface area contributed by atoms with E-state index < -0.39 is 17.5 Å². The van der Waals surface area contributed by atoms with Crippen LogP contribution in [0.3, 0.4) is 0 Å². The third kappa shape index (κ3) is 5.02. The third-order valence-electron chi connectivity index (χ3n) is 7.71. The number of amides is 3. The number of nitrogens with zero attached hydrogens (tertiary/aromatic N) is 2. The Morgan fingerprint density at radius 3 is 2.55 bits per heavy atom. The van der Waals surface area contributed by atoms with Crippen molar-refractivity contribution in [2.45, 2.75) is 32.9 Å². The third-order valence-corrected chi connectivity index (χ3v) is 7.71. The van der Waals surface area contributed by atoms with Gasteiger partial charge < -0.3 is 25.4 Å². The maximum Gasteiger partial charge on any atom is 0.256 e. The van der Waals surface area contributed by atoms with E-state index in [1.165, 1.54) is 12.1 Å². The Morgan fingerprint density at radius 2 is 1.88 bits per heavy atom. The number of carbonyl (C=O) groups is 3. The van der Waals surface area contributed by atoms with Crippen molar-refractivity contribution in [3.63, 3.8) is 0 Å². The highest BCUT2D eigenvalue weighted by atomic mass is 19.1. The summed E-state index contributed by atoms with van der Waals surface area (Å²) in [4.78, 5) is 46.3. The van der Waals surface area contributed by atoms with E-state index in [4.69, 9.17) is 0 Å². The van der Waals surface area contributed by atoms with E-state index in [1.54, 1.807) is 18.2 Å². The van der Waals surface area contributed by atoms with Gasteiger partial charge in [-0.2, -0.15) is 0 Å². The zero-order valence-corrected chi connectivity index (χ0v) is 22.8. The number of fused-ring (bicyclic) bond motifs is 1. The van der Waals surface area contributed by atoms with Gasteiger partial charge >= 0.3 is 0 Å². The molecule has 2 aliphatic rings. The number of aromatic amines is 1. The molecule has 0 saturated carbocycles. The minimum Gasteiger partial charge on any atom is -0.358 e. The maximum atomic E-state index is 14.0. The van der Waals surface area contributed by atoms with Gasteiger partial charge in [-0.25, -0.2) is 8.78 Å². The summed E-state index contributed by atoms with van der Waals surface area (Å²) in [6, 6.07) is 8.55. The standard InChI is InChI=1S/C30H31F2N5O3/c1-16-26(34-17(2)27(16)30(40)37-11-10-19(15-37)36(3)4)13-21-20-12-18(8-9-25(20)35-29(21)39)28(38)33-14-22-23(31)6-5-7-24(22)32/h5-9,12-13,19,34H,10-11,14-15H2,1-4H3,(H,33,38)(H,35,39). The van der Waals surface area contributed by atoms with Crippen LogP contribution in [-0.4, -0.2) is 65.7 Å². The Hall–Kier alpha value is -4.31. The van der Waals surface area contributed by atoms with Crippen LogP contribution in [0.4, 0.5) is 14.5 Å². The van der Waals surface area contributed by atoms with E-state index in [9.17, 15) is 23.2 Å². The number of benzene rings is 2. The first-order chi connectivity index (χ1) is 19.0. The van der Waals surface area contributed by atoms with Gasteiger partial charge in [-0.3, -0.25) is 14.4 Å². The van der Waals surface area contributed by atoms with E-state index in [-0.39, 0.29) is 29.5 Å². The van der Waals surface area contributed by atoms with Gasteiger partial charge in [0.1, 0.15) is 11.6 Å². The minimum atomic E-state index is -0.744. The molecule has 3 heterocycles. The summed E-state index contributed by atoms with van der Waals surface area (Å²) in [5, 5.41) is 5.34. The first-order valence-electron chi connectivity index (χ1n) is 13.1. The van der Waals surface area contributed by atoms with Crippen LogP contribution in [0, 0.1) is 25.5 Å². The molecule has 1 fully saturated rings. The van der Waals surface area contributed by atoms with E-state index >= 15 is 0 Å². The molecular weight excluding hydrogens is 516 g/mol. The Bertz CT molecular complexity index is 1540. The highest BCUT2D eigenvalue weighted by molar-refractivity contribution is 6.35. The molecule has 40 heavy (non-hydrogen) atoms. The number of likely N-dealkylation sites (N-methyl/N-ethyl adjacent to an activating group) is 1. The second-order valence-corrected chi connectivity index (χ2v) is 10.5. The predicted octanol–water partition coefficient (Wildman–Crippen LogP) is 4.11. The molecule has 0 radical (unpaired) electrons. The minimum absolute atomic E-state index is 0.0400. The highest BCUT2D eigenvalue weighted by Crippen LogP contribution is 2.35. The predicted molar refractivity (Wildman–Crippen MR) is 149 cm³/mol. The number of halogens is 2. The molecule has 0 aliphatic carbocycles. The smallest absolute Gasteiger partial charge is 0.256 e. The molecule has 3 N–H and O–H groups in total. The summed E-state index contributed by atoms with van der Waals surface area (Å²) in [5.74, 6) is -2.40. The summed E-state index contributed by atoms with van der Waals surface area (Å²) < 4.78 is 27.9. The number of carbonyl (C=O) groups excluding carboxylic acids is 3. The lowest BCUT2D eigenvalue weighted by atomic mass is 10.0. The Labute approximate surface area is 231 Å². The lowest BCUT2D eigenvalue weighted by Gasteiger charge is -2.20. The highest BCUT2D eigenvalue weighted by Gasteiger charge is 2.31. The van der Waals surface area contributed by atoms with E-state index in [0.29, 0.717) is 47.2 Å². The average Bonchev–Trinajstić information content (AvgIpc) is 3.60. The maximum absolute atomic E-state index is 14.0. The molecule has 0 bridgehead atoms. The first-order valence-corrected chi connectivity index (χ1v) is 13.1. The summed E-state index contributed by atoms with van der Waals surface area (Å²) in [7, 11) is 4.02. The normalized spacial score (nSPS) is 17.5. The molecule has 10 heteroatoms. The molecular formula is C30H31F2N5O3. The molecule has 2 aliphatic heterocycles. The largest absolute Gasteiger partial charge is 0.358 e. The zero-order valence-electron chi connectivity index (χ0n) is 22.8. The average molecular weight is 548 g/mol. The first kappa shape index (κ1) is 27.3. The second kappa shape index (κ2) is 10.7. The summed E-state index contributed by atoms with van der Waals surface area (Å²) >= 11 is 0.